The molecule has 0 N–H and O–H groups in total. The predicted octanol–water partition coefficient (Wildman–Crippen LogP) is 6.86. The Morgan fingerprint density at radius 3 is 1.90 bits per heavy atom. The Morgan fingerprint density at radius 2 is 1.34 bits per heavy atom. The van der Waals surface area contributed by atoms with Crippen molar-refractivity contribution in [1.82, 2.24) is 9.97 Å². The molecule has 0 aliphatic heterocycles. The Kier molecular flexibility index (Phi) is 4.24. The Hall–Kier alpha value is -3.32. The Labute approximate surface area is 172 Å². The third kappa shape index (κ3) is 3.13. The largest absolute Gasteiger partial charge is 0.463 e. The van der Waals surface area contributed by atoms with Crippen LogP contribution in [-0.4, -0.2) is 9.97 Å². The number of hydrogen-bond donors (Lipinski definition) is 0. The number of aromatic nitrogens is 2. The highest BCUT2D eigenvalue weighted by molar-refractivity contribution is 9.10. The molecule has 0 saturated carbocycles. The summed E-state index contributed by atoms with van der Waals surface area (Å²) in [5.74, 6) is -0.207. The van der Waals surface area contributed by atoms with Gasteiger partial charge in [0.15, 0.2) is 11.5 Å². The monoisotopic (exact) mass is 452 g/mol. The standard InChI is InChI=1S/C22H11BrF2N2O2/c23-15-11-18-17(10-14(15)13-6-5-12(24)9-16(13)25)26-21(19-3-1-7-28-19)22(27-18)20-4-2-8-29-20/h1-11H. The summed E-state index contributed by atoms with van der Waals surface area (Å²) in [6, 6.07) is 14.0. The van der Waals surface area contributed by atoms with Crippen molar-refractivity contribution in [2.45, 2.75) is 0 Å². The Bertz CT molecular complexity index is 1330. The minimum Gasteiger partial charge on any atom is -0.463 e. The van der Waals surface area contributed by atoms with E-state index in [9.17, 15) is 8.78 Å². The summed E-state index contributed by atoms with van der Waals surface area (Å²) < 4.78 is 39.3. The third-order valence-corrected chi connectivity index (χ3v) is 5.14. The van der Waals surface area contributed by atoms with Crippen LogP contribution in [0.5, 0.6) is 0 Å². The molecule has 0 saturated heterocycles. The maximum atomic E-state index is 14.3. The molecule has 3 aromatic heterocycles. The zero-order valence-corrected chi connectivity index (χ0v) is 16.3. The summed E-state index contributed by atoms with van der Waals surface area (Å²) in [7, 11) is 0. The minimum atomic E-state index is -0.656. The van der Waals surface area contributed by atoms with Crippen LogP contribution in [0.2, 0.25) is 0 Å². The van der Waals surface area contributed by atoms with E-state index in [-0.39, 0.29) is 5.56 Å². The van der Waals surface area contributed by atoms with Gasteiger partial charge in [-0.3, -0.25) is 0 Å². The van der Waals surface area contributed by atoms with Crippen molar-refractivity contribution < 1.29 is 17.6 Å². The van der Waals surface area contributed by atoms with E-state index in [0.717, 1.165) is 6.07 Å². The zero-order valence-electron chi connectivity index (χ0n) is 14.7. The SMILES string of the molecule is Fc1ccc(-c2cc3nc(-c4ccco4)c(-c4ccco4)nc3cc2Br)c(F)c1. The highest BCUT2D eigenvalue weighted by Gasteiger charge is 2.19. The number of nitrogens with zero attached hydrogens (tertiary/aromatic N) is 2. The van der Waals surface area contributed by atoms with Gasteiger partial charge in [-0.25, -0.2) is 18.7 Å². The van der Waals surface area contributed by atoms with Gasteiger partial charge in [0.1, 0.15) is 23.0 Å². The molecule has 0 radical (unpaired) electrons. The average molecular weight is 453 g/mol. The van der Waals surface area contributed by atoms with Crippen LogP contribution >= 0.6 is 15.9 Å². The first kappa shape index (κ1) is 17.8. The van der Waals surface area contributed by atoms with Gasteiger partial charge in [0, 0.05) is 21.7 Å². The number of furan rings is 2. The zero-order chi connectivity index (χ0) is 20.0. The van der Waals surface area contributed by atoms with Crippen molar-refractivity contribution in [3.05, 3.63) is 83.2 Å². The lowest BCUT2D eigenvalue weighted by atomic mass is 10.0. The van der Waals surface area contributed by atoms with Crippen LogP contribution in [0.3, 0.4) is 0 Å². The first-order valence-electron chi connectivity index (χ1n) is 8.64. The van der Waals surface area contributed by atoms with Crippen molar-refractivity contribution in [3.63, 3.8) is 0 Å². The molecular weight excluding hydrogens is 442 g/mol. The second kappa shape index (κ2) is 6.93. The molecular formula is C22H11BrF2N2O2. The smallest absolute Gasteiger partial charge is 0.154 e. The number of halogens is 3. The molecule has 0 spiro atoms. The predicted molar refractivity (Wildman–Crippen MR) is 108 cm³/mol. The van der Waals surface area contributed by atoms with Crippen molar-refractivity contribution >= 4 is 27.0 Å². The maximum Gasteiger partial charge on any atom is 0.154 e. The van der Waals surface area contributed by atoms with E-state index in [1.807, 2.05) is 0 Å². The van der Waals surface area contributed by atoms with Gasteiger partial charge in [-0.1, -0.05) is 15.9 Å². The van der Waals surface area contributed by atoms with Crippen molar-refractivity contribution in [1.29, 1.82) is 0 Å². The molecule has 0 aliphatic rings. The Morgan fingerprint density at radius 1 is 0.724 bits per heavy atom. The van der Waals surface area contributed by atoms with Crippen molar-refractivity contribution in [3.8, 4) is 34.0 Å². The van der Waals surface area contributed by atoms with E-state index < -0.39 is 11.6 Å². The number of fused-ring (bicyclic) bond motifs is 1. The average Bonchev–Trinajstić information content (AvgIpc) is 3.41. The van der Waals surface area contributed by atoms with Crippen LogP contribution < -0.4 is 0 Å². The van der Waals surface area contributed by atoms with Crippen LogP contribution in [0.1, 0.15) is 0 Å². The van der Waals surface area contributed by atoms with Gasteiger partial charge in [-0.15, -0.1) is 0 Å². The van der Waals surface area contributed by atoms with Crippen LogP contribution in [0, 0.1) is 11.6 Å². The summed E-state index contributed by atoms with van der Waals surface area (Å²) in [6.07, 6.45) is 3.11. The first-order valence-corrected chi connectivity index (χ1v) is 9.44. The molecule has 3 heterocycles. The minimum absolute atomic E-state index is 0.261. The van der Waals surface area contributed by atoms with Crippen molar-refractivity contribution in [2.75, 3.05) is 0 Å². The normalized spacial score (nSPS) is 11.3. The maximum absolute atomic E-state index is 14.3. The van der Waals surface area contributed by atoms with Crippen LogP contribution in [0.25, 0.3) is 45.1 Å². The highest BCUT2D eigenvalue weighted by atomic mass is 79.9. The fourth-order valence-corrected chi connectivity index (χ4v) is 3.71. The number of rotatable bonds is 3. The van der Waals surface area contributed by atoms with E-state index >= 15 is 0 Å². The third-order valence-electron chi connectivity index (χ3n) is 4.48. The molecule has 0 bridgehead atoms. The second-order valence-electron chi connectivity index (χ2n) is 6.32. The first-order chi connectivity index (χ1) is 14.1. The molecule has 5 aromatic rings. The lowest BCUT2D eigenvalue weighted by Crippen LogP contribution is -1.96. The lowest BCUT2D eigenvalue weighted by Gasteiger charge is -2.11. The van der Waals surface area contributed by atoms with Crippen molar-refractivity contribution in [2.24, 2.45) is 0 Å². The fraction of sp³-hybridized carbons (Fsp3) is 0. The van der Waals surface area contributed by atoms with Gasteiger partial charge >= 0.3 is 0 Å². The van der Waals surface area contributed by atoms with Gasteiger partial charge < -0.3 is 8.83 Å². The second-order valence-corrected chi connectivity index (χ2v) is 7.17. The van der Waals surface area contributed by atoms with Crippen LogP contribution in [0.4, 0.5) is 8.78 Å². The Balaban J connectivity index is 1.77. The van der Waals surface area contributed by atoms with E-state index in [1.165, 1.54) is 12.1 Å². The van der Waals surface area contributed by atoms with Crippen LogP contribution in [-0.2, 0) is 0 Å². The topological polar surface area (TPSA) is 52.1 Å². The molecule has 0 aliphatic carbocycles. The molecule has 5 rings (SSSR count). The summed E-state index contributed by atoms with van der Waals surface area (Å²) in [5.41, 5.74) is 2.96. The molecule has 2 aromatic carbocycles. The van der Waals surface area contributed by atoms with Crippen LogP contribution in [0.15, 0.2) is 80.4 Å². The summed E-state index contributed by atoms with van der Waals surface area (Å²) in [4.78, 5) is 9.42. The summed E-state index contributed by atoms with van der Waals surface area (Å²) >= 11 is 3.47. The number of hydrogen-bond acceptors (Lipinski definition) is 4. The molecule has 142 valence electrons. The molecule has 29 heavy (non-hydrogen) atoms. The van der Waals surface area contributed by atoms with Gasteiger partial charge in [-0.05, 0) is 48.5 Å². The van der Waals surface area contributed by atoms with E-state index in [0.29, 0.717) is 44.0 Å². The van der Waals surface area contributed by atoms with Gasteiger partial charge in [0.2, 0.25) is 0 Å². The molecule has 7 heteroatoms. The molecule has 4 nitrogen and oxygen atoms in total. The molecule has 0 amide bonds. The highest BCUT2D eigenvalue weighted by Crippen LogP contribution is 2.36. The van der Waals surface area contributed by atoms with Gasteiger partial charge in [0.25, 0.3) is 0 Å². The van der Waals surface area contributed by atoms with Gasteiger partial charge in [-0.2, -0.15) is 0 Å². The fourth-order valence-electron chi connectivity index (χ4n) is 3.16. The number of benzene rings is 2. The summed E-state index contributed by atoms with van der Waals surface area (Å²) in [5, 5.41) is 0. The van der Waals surface area contributed by atoms with E-state index in [1.54, 1.807) is 48.9 Å². The van der Waals surface area contributed by atoms with E-state index in [4.69, 9.17) is 18.8 Å². The molecule has 0 atom stereocenters. The van der Waals surface area contributed by atoms with Gasteiger partial charge in [0.05, 0.1) is 23.6 Å². The molecule has 0 unspecified atom stereocenters. The summed E-state index contributed by atoms with van der Waals surface area (Å²) in [6.45, 7) is 0. The van der Waals surface area contributed by atoms with E-state index in [2.05, 4.69) is 15.9 Å². The molecule has 0 fully saturated rings. The lowest BCUT2D eigenvalue weighted by molar-refractivity contribution is 0.572. The quantitative estimate of drug-likeness (QED) is 0.300.